The lowest BCUT2D eigenvalue weighted by Gasteiger charge is -2.13. The van der Waals surface area contributed by atoms with Crippen molar-refractivity contribution >= 4 is 46.9 Å². The van der Waals surface area contributed by atoms with Crippen molar-refractivity contribution in [2.45, 2.75) is 13.5 Å². The van der Waals surface area contributed by atoms with Gasteiger partial charge in [0.05, 0.1) is 13.3 Å². The highest BCUT2D eigenvalue weighted by atomic mass is 35.5. The first-order valence-electron chi connectivity index (χ1n) is 9.82. The van der Waals surface area contributed by atoms with E-state index in [0.717, 1.165) is 5.56 Å². The maximum absolute atomic E-state index is 12.0. The molecule has 6 nitrogen and oxygen atoms in total. The van der Waals surface area contributed by atoms with Crippen LogP contribution in [0.15, 0.2) is 59.7 Å². The highest BCUT2D eigenvalue weighted by Crippen LogP contribution is 2.31. The van der Waals surface area contributed by atoms with Gasteiger partial charge >= 0.3 is 0 Å². The summed E-state index contributed by atoms with van der Waals surface area (Å²) in [6, 6.07) is 15.7. The van der Waals surface area contributed by atoms with E-state index in [1.165, 1.54) is 13.3 Å². The van der Waals surface area contributed by atoms with Gasteiger partial charge in [0, 0.05) is 20.6 Å². The van der Waals surface area contributed by atoms with E-state index in [4.69, 9.17) is 49.0 Å². The number of methoxy groups -OCH3 is 1. The lowest BCUT2D eigenvalue weighted by molar-refractivity contribution is -0.123. The number of carbonyl (C=O) groups excluding carboxylic acids is 1. The average Bonchev–Trinajstić information content (AvgIpc) is 2.80. The summed E-state index contributed by atoms with van der Waals surface area (Å²) in [6.45, 7) is 1.86. The second kappa shape index (κ2) is 11.8. The second-order valence-corrected chi connectivity index (χ2v) is 8.11. The summed E-state index contributed by atoms with van der Waals surface area (Å²) in [6.07, 6.45) is 1.49. The topological polar surface area (TPSA) is 69.2 Å². The molecule has 172 valence electrons. The van der Waals surface area contributed by atoms with Crippen molar-refractivity contribution in [3.63, 3.8) is 0 Å². The summed E-state index contributed by atoms with van der Waals surface area (Å²) in [4.78, 5) is 12.0. The Kier molecular flexibility index (Phi) is 8.83. The van der Waals surface area contributed by atoms with Crippen LogP contribution in [0.25, 0.3) is 0 Å². The molecular formula is C24H21Cl3N2O4. The highest BCUT2D eigenvalue weighted by Gasteiger charge is 2.10. The maximum atomic E-state index is 12.0. The van der Waals surface area contributed by atoms with E-state index in [1.807, 2.05) is 6.92 Å². The standard InChI is InChI=1S/C24H21Cl3N2O4/c1-15-10-17(7-8-19(15)25)32-14-24(30)29-28-12-16-6-9-22(23(11-16)31-2)33-13-18-20(26)4-3-5-21(18)27/h3-12H,13-14H2,1-2H3,(H,29,30)/b28-12+. The van der Waals surface area contributed by atoms with Crippen molar-refractivity contribution in [2.24, 2.45) is 5.10 Å². The van der Waals surface area contributed by atoms with Crippen LogP contribution in [0.3, 0.4) is 0 Å². The minimum absolute atomic E-state index is 0.181. The van der Waals surface area contributed by atoms with Gasteiger partial charge < -0.3 is 14.2 Å². The zero-order valence-corrected chi connectivity index (χ0v) is 20.2. The van der Waals surface area contributed by atoms with Gasteiger partial charge in [-0.15, -0.1) is 0 Å². The lowest BCUT2D eigenvalue weighted by Crippen LogP contribution is -2.24. The fourth-order valence-corrected chi connectivity index (χ4v) is 3.39. The molecule has 0 aliphatic rings. The number of amides is 1. The number of hydrogen-bond acceptors (Lipinski definition) is 5. The van der Waals surface area contributed by atoms with Gasteiger partial charge in [0.15, 0.2) is 18.1 Å². The summed E-state index contributed by atoms with van der Waals surface area (Å²) in [5.41, 5.74) is 4.67. The number of nitrogens with zero attached hydrogens (tertiary/aromatic N) is 1. The molecule has 3 rings (SSSR count). The number of hydrazone groups is 1. The van der Waals surface area contributed by atoms with Gasteiger partial charge in [0.25, 0.3) is 5.91 Å². The summed E-state index contributed by atoms with van der Waals surface area (Å²) in [7, 11) is 1.53. The minimum atomic E-state index is -0.401. The summed E-state index contributed by atoms with van der Waals surface area (Å²) in [5.74, 6) is 1.16. The Morgan fingerprint density at radius 2 is 1.73 bits per heavy atom. The largest absolute Gasteiger partial charge is 0.493 e. The second-order valence-electron chi connectivity index (χ2n) is 6.89. The van der Waals surface area contributed by atoms with Gasteiger partial charge in [-0.3, -0.25) is 4.79 Å². The molecule has 9 heteroatoms. The van der Waals surface area contributed by atoms with E-state index in [1.54, 1.807) is 54.6 Å². The fourth-order valence-electron chi connectivity index (χ4n) is 2.77. The van der Waals surface area contributed by atoms with Gasteiger partial charge in [0.1, 0.15) is 12.4 Å². The van der Waals surface area contributed by atoms with E-state index in [0.29, 0.717) is 43.4 Å². The van der Waals surface area contributed by atoms with Crippen molar-refractivity contribution < 1.29 is 19.0 Å². The summed E-state index contributed by atoms with van der Waals surface area (Å²) >= 11 is 18.3. The van der Waals surface area contributed by atoms with Gasteiger partial charge in [0.2, 0.25) is 0 Å². The molecule has 0 aliphatic heterocycles. The zero-order valence-electron chi connectivity index (χ0n) is 17.9. The number of nitrogens with one attached hydrogen (secondary N) is 1. The quantitative estimate of drug-likeness (QED) is 0.282. The van der Waals surface area contributed by atoms with Crippen LogP contribution in [0, 0.1) is 6.92 Å². The molecule has 0 radical (unpaired) electrons. The molecule has 0 heterocycles. The molecule has 0 saturated carbocycles. The number of carbonyl (C=O) groups is 1. The number of benzene rings is 3. The lowest BCUT2D eigenvalue weighted by atomic mass is 10.2. The number of aryl methyl sites for hydroxylation is 1. The molecule has 0 atom stereocenters. The Morgan fingerprint density at radius 3 is 2.42 bits per heavy atom. The van der Waals surface area contributed by atoms with E-state index >= 15 is 0 Å². The predicted octanol–water partition coefficient (Wildman–Crippen LogP) is 6.07. The van der Waals surface area contributed by atoms with Crippen LogP contribution in [-0.4, -0.2) is 25.8 Å². The minimum Gasteiger partial charge on any atom is -0.493 e. The molecule has 0 fully saturated rings. The van der Waals surface area contributed by atoms with Crippen LogP contribution in [-0.2, 0) is 11.4 Å². The van der Waals surface area contributed by atoms with Crippen LogP contribution in [0.5, 0.6) is 17.2 Å². The Balaban J connectivity index is 1.55. The number of rotatable bonds is 9. The van der Waals surface area contributed by atoms with Crippen molar-refractivity contribution in [3.8, 4) is 17.2 Å². The van der Waals surface area contributed by atoms with Gasteiger partial charge in [-0.2, -0.15) is 5.10 Å². The van der Waals surface area contributed by atoms with E-state index in [2.05, 4.69) is 10.5 Å². The van der Waals surface area contributed by atoms with Crippen LogP contribution >= 0.6 is 34.8 Å². The van der Waals surface area contributed by atoms with Crippen LogP contribution in [0.2, 0.25) is 15.1 Å². The first-order valence-corrected chi connectivity index (χ1v) is 11.0. The van der Waals surface area contributed by atoms with Gasteiger partial charge in [-0.1, -0.05) is 40.9 Å². The summed E-state index contributed by atoms with van der Waals surface area (Å²) in [5, 5.41) is 5.63. The molecule has 1 N–H and O–H groups in total. The average molecular weight is 508 g/mol. The Bertz CT molecular complexity index is 1150. The molecule has 0 unspecified atom stereocenters. The fraction of sp³-hybridized carbons (Fsp3) is 0.167. The molecular weight excluding hydrogens is 487 g/mol. The predicted molar refractivity (Wildman–Crippen MR) is 131 cm³/mol. The van der Waals surface area contributed by atoms with Crippen LogP contribution < -0.4 is 19.6 Å². The monoisotopic (exact) mass is 506 g/mol. The zero-order chi connectivity index (χ0) is 23.8. The molecule has 3 aromatic rings. The smallest absolute Gasteiger partial charge is 0.277 e. The first-order chi connectivity index (χ1) is 15.9. The van der Waals surface area contributed by atoms with Crippen molar-refractivity contribution in [1.82, 2.24) is 5.43 Å². The number of ether oxygens (including phenoxy) is 3. The van der Waals surface area contributed by atoms with E-state index in [9.17, 15) is 4.79 Å². The molecule has 3 aromatic carbocycles. The molecule has 0 saturated heterocycles. The van der Waals surface area contributed by atoms with Crippen molar-refractivity contribution in [1.29, 1.82) is 0 Å². The van der Waals surface area contributed by atoms with E-state index in [-0.39, 0.29) is 13.2 Å². The number of halogens is 3. The normalized spacial score (nSPS) is 10.8. The molecule has 33 heavy (non-hydrogen) atoms. The number of hydrogen-bond donors (Lipinski definition) is 1. The summed E-state index contributed by atoms with van der Waals surface area (Å²) < 4.78 is 16.7. The first kappa shape index (κ1) is 24.7. The molecule has 0 spiro atoms. The Morgan fingerprint density at radius 1 is 0.970 bits per heavy atom. The SMILES string of the molecule is COc1cc(/C=N/NC(=O)COc2ccc(Cl)c(C)c2)ccc1OCc1c(Cl)cccc1Cl. The van der Waals surface area contributed by atoms with E-state index < -0.39 is 5.91 Å². The van der Waals surface area contributed by atoms with Gasteiger partial charge in [-0.05, 0) is 66.6 Å². The maximum Gasteiger partial charge on any atom is 0.277 e. The third-order valence-corrected chi connectivity index (χ3v) is 5.66. The Hall–Kier alpha value is -2.93. The molecule has 0 bridgehead atoms. The highest BCUT2D eigenvalue weighted by molar-refractivity contribution is 6.36. The van der Waals surface area contributed by atoms with Crippen LogP contribution in [0.1, 0.15) is 16.7 Å². The van der Waals surface area contributed by atoms with Gasteiger partial charge in [-0.25, -0.2) is 5.43 Å². The third-order valence-electron chi connectivity index (χ3n) is 4.52. The Labute approximate surface area is 207 Å². The third kappa shape index (κ3) is 7.02. The molecule has 0 aliphatic carbocycles. The van der Waals surface area contributed by atoms with Crippen LogP contribution in [0.4, 0.5) is 0 Å². The van der Waals surface area contributed by atoms with Crippen molar-refractivity contribution in [2.75, 3.05) is 13.7 Å². The molecule has 1 amide bonds. The molecule has 0 aromatic heterocycles. The van der Waals surface area contributed by atoms with Crippen molar-refractivity contribution in [3.05, 3.63) is 86.4 Å².